The molecule has 1 aliphatic heterocycles. The lowest BCUT2D eigenvalue weighted by atomic mass is 10.3. The van der Waals surface area contributed by atoms with Crippen LogP contribution in [0.15, 0.2) is 18.3 Å². The fourth-order valence-corrected chi connectivity index (χ4v) is 1.92. The highest BCUT2D eigenvalue weighted by molar-refractivity contribution is 14.1. The Labute approximate surface area is 114 Å². The number of rotatable bonds is 3. The number of carbonyl (C=O) groups excluding carboxylic acids is 1. The average Bonchev–Trinajstić information content (AvgIpc) is 2.39. The lowest BCUT2D eigenvalue weighted by molar-refractivity contribution is -0.133. The molecule has 0 saturated carbocycles. The molecule has 1 aliphatic rings. The smallest absolute Gasteiger partial charge is 0.260 e. The molecular formula is C11H14IN3O2. The van der Waals surface area contributed by atoms with Crippen LogP contribution in [0.2, 0.25) is 0 Å². The second-order valence-corrected chi connectivity index (χ2v) is 4.84. The van der Waals surface area contributed by atoms with Gasteiger partial charge in [0.15, 0.2) is 6.61 Å². The number of amides is 1. The van der Waals surface area contributed by atoms with Crippen molar-refractivity contribution < 1.29 is 9.53 Å². The molecule has 1 saturated heterocycles. The number of piperazine rings is 1. The molecule has 17 heavy (non-hydrogen) atoms. The Kier molecular flexibility index (Phi) is 4.55. The van der Waals surface area contributed by atoms with Gasteiger partial charge in [0.2, 0.25) is 0 Å². The fourth-order valence-electron chi connectivity index (χ4n) is 1.60. The number of ether oxygens (including phenoxy) is 1. The second kappa shape index (κ2) is 6.15. The molecule has 92 valence electrons. The Morgan fingerprint density at radius 3 is 2.88 bits per heavy atom. The number of hydrogen-bond acceptors (Lipinski definition) is 4. The van der Waals surface area contributed by atoms with Crippen molar-refractivity contribution in [2.45, 2.75) is 0 Å². The van der Waals surface area contributed by atoms with Gasteiger partial charge in [-0.05, 0) is 34.7 Å². The minimum atomic E-state index is 0.0325. The van der Waals surface area contributed by atoms with Crippen molar-refractivity contribution in [2.75, 3.05) is 32.8 Å². The number of nitrogens with one attached hydrogen (secondary N) is 1. The Balaban J connectivity index is 1.81. The van der Waals surface area contributed by atoms with Crippen molar-refractivity contribution >= 4 is 28.5 Å². The summed E-state index contributed by atoms with van der Waals surface area (Å²) in [5.74, 6) is 0.666. The van der Waals surface area contributed by atoms with Gasteiger partial charge in [-0.2, -0.15) is 0 Å². The molecule has 1 aromatic heterocycles. The maximum Gasteiger partial charge on any atom is 0.260 e. The van der Waals surface area contributed by atoms with E-state index < -0.39 is 0 Å². The van der Waals surface area contributed by atoms with Gasteiger partial charge in [0.25, 0.3) is 5.91 Å². The summed E-state index contributed by atoms with van der Waals surface area (Å²) >= 11 is 2.12. The number of nitrogens with zero attached hydrogens (tertiary/aromatic N) is 2. The zero-order valence-electron chi connectivity index (χ0n) is 9.36. The van der Waals surface area contributed by atoms with Gasteiger partial charge in [-0.3, -0.25) is 4.79 Å². The minimum absolute atomic E-state index is 0.0325. The van der Waals surface area contributed by atoms with Crippen molar-refractivity contribution in [1.29, 1.82) is 0 Å². The van der Waals surface area contributed by atoms with Gasteiger partial charge in [-0.25, -0.2) is 4.98 Å². The Hall–Kier alpha value is -0.890. The normalized spacial score (nSPS) is 15.7. The van der Waals surface area contributed by atoms with Gasteiger partial charge in [-0.1, -0.05) is 0 Å². The van der Waals surface area contributed by atoms with E-state index in [1.165, 1.54) is 0 Å². The van der Waals surface area contributed by atoms with E-state index in [0.29, 0.717) is 5.75 Å². The quantitative estimate of drug-likeness (QED) is 0.639. The van der Waals surface area contributed by atoms with E-state index >= 15 is 0 Å². The molecule has 0 spiro atoms. The molecule has 5 nitrogen and oxygen atoms in total. The molecule has 0 bridgehead atoms. The largest absolute Gasteiger partial charge is 0.482 e. The summed E-state index contributed by atoms with van der Waals surface area (Å²) in [6, 6.07) is 3.67. The van der Waals surface area contributed by atoms with Crippen LogP contribution in [-0.4, -0.2) is 48.6 Å². The Bertz CT molecular complexity index is 377. The predicted molar refractivity (Wildman–Crippen MR) is 71.9 cm³/mol. The van der Waals surface area contributed by atoms with Crippen LogP contribution in [0.3, 0.4) is 0 Å². The van der Waals surface area contributed by atoms with E-state index in [9.17, 15) is 4.79 Å². The van der Waals surface area contributed by atoms with Crippen LogP contribution in [0.1, 0.15) is 0 Å². The first-order chi connectivity index (χ1) is 8.25. The minimum Gasteiger partial charge on any atom is -0.482 e. The third kappa shape index (κ3) is 3.81. The number of pyridine rings is 1. The van der Waals surface area contributed by atoms with Gasteiger partial charge in [0, 0.05) is 26.2 Å². The molecule has 1 fully saturated rings. The number of aromatic nitrogens is 1. The molecule has 1 N–H and O–H groups in total. The van der Waals surface area contributed by atoms with E-state index in [1.807, 2.05) is 17.0 Å². The third-order valence-corrected chi connectivity index (χ3v) is 3.17. The van der Waals surface area contributed by atoms with Crippen molar-refractivity contribution in [3.8, 4) is 5.75 Å². The SMILES string of the molecule is O=C(COc1ccc(I)nc1)N1CCNCC1. The molecule has 1 amide bonds. The first-order valence-electron chi connectivity index (χ1n) is 5.48. The summed E-state index contributed by atoms with van der Waals surface area (Å²) in [7, 11) is 0. The van der Waals surface area contributed by atoms with E-state index in [4.69, 9.17) is 4.74 Å². The Morgan fingerprint density at radius 2 is 2.24 bits per heavy atom. The van der Waals surface area contributed by atoms with Gasteiger partial charge in [0.05, 0.1) is 6.20 Å². The van der Waals surface area contributed by atoms with E-state index in [0.717, 1.165) is 29.9 Å². The molecule has 0 atom stereocenters. The average molecular weight is 347 g/mol. The van der Waals surface area contributed by atoms with Crippen LogP contribution in [0.4, 0.5) is 0 Å². The van der Waals surface area contributed by atoms with Gasteiger partial charge in [0.1, 0.15) is 9.45 Å². The highest BCUT2D eigenvalue weighted by Crippen LogP contribution is 2.10. The molecule has 1 aromatic rings. The maximum absolute atomic E-state index is 11.8. The number of carbonyl (C=O) groups is 1. The van der Waals surface area contributed by atoms with Crippen molar-refractivity contribution in [2.24, 2.45) is 0 Å². The number of hydrogen-bond donors (Lipinski definition) is 1. The van der Waals surface area contributed by atoms with E-state index in [-0.39, 0.29) is 12.5 Å². The summed E-state index contributed by atoms with van der Waals surface area (Å²) in [4.78, 5) is 17.7. The molecule has 6 heteroatoms. The summed E-state index contributed by atoms with van der Waals surface area (Å²) in [5.41, 5.74) is 0. The summed E-state index contributed by atoms with van der Waals surface area (Å²) in [6.45, 7) is 3.32. The van der Waals surface area contributed by atoms with Crippen LogP contribution in [0, 0.1) is 3.70 Å². The standard InChI is InChI=1S/C11H14IN3O2/c12-10-2-1-9(7-14-10)17-8-11(16)15-5-3-13-4-6-15/h1-2,7,13H,3-6,8H2. The van der Waals surface area contributed by atoms with E-state index in [1.54, 1.807) is 6.20 Å². The van der Waals surface area contributed by atoms with Crippen LogP contribution >= 0.6 is 22.6 Å². The van der Waals surface area contributed by atoms with Crippen molar-refractivity contribution in [1.82, 2.24) is 15.2 Å². The van der Waals surface area contributed by atoms with Gasteiger partial charge < -0.3 is 15.0 Å². The highest BCUT2D eigenvalue weighted by Gasteiger charge is 2.16. The van der Waals surface area contributed by atoms with Crippen LogP contribution in [0.5, 0.6) is 5.75 Å². The van der Waals surface area contributed by atoms with E-state index in [2.05, 4.69) is 32.9 Å². The van der Waals surface area contributed by atoms with Crippen LogP contribution < -0.4 is 10.1 Å². The van der Waals surface area contributed by atoms with Gasteiger partial charge >= 0.3 is 0 Å². The zero-order chi connectivity index (χ0) is 12.1. The molecule has 0 aliphatic carbocycles. The third-order valence-electron chi connectivity index (χ3n) is 2.53. The molecule has 2 rings (SSSR count). The molecular weight excluding hydrogens is 333 g/mol. The highest BCUT2D eigenvalue weighted by atomic mass is 127. The molecule has 0 aromatic carbocycles. The van der Waals surface area contributed by atoms with Crippen molar-refractivity contribution in [3.05, 3.63) is 22.0 Å². The number of halogens is 1. The molecule has 0 unspecified atom stereocenters. The first kappa shape index (κ1) is 12.6. The molecule has 0 radical (unpaired) electrons. The van der Waals surface area contributed by atoms with Gasteiger partial charge in [-0.15, -0.1) is 0 Å². The van der Waals surface area contributed by atoms with Crippen molar-refractivity contribution in [3.63, 3.8) is 0 Å². The van der Waals surface area contributed by atoms with Crippen LogP contribution in [-0.2, 0) is 4.79 Å². The summed E-state index contributed by atoms with van der Waals surface area (Å²) in [5, 5.41) is 3.20. The first-order valence-corrected chi connectivity index (χ1v) is 6.56. The monoisotopic (exact) mass is 347 g/mol. The molecule has 2 heterocycles. The Morgan fingerprint density at radius 1 is 1.47 bits per heavy atom. The summed E-state index contributed by atoms with van der Waals surface area (Å²) < 4.78 is 6.30. The predicted octanol–water partition coefficient (Wildman–Crippen LogP) is 0.497. The second-order valence-electron chi connectivity index (χ2n) is 3.74. The maximum atomic E-state index is 11.8. The fraction of sp³-hybridized carbons (Fsp3) is 0.455. The topological polar surface area (TPSA) is 54.5 Å². The zero-order valence-corrected chi connectivity index (χ0v) is 11.5. The lowest BCUT2D eigenvalue weighted by Gasteiger charge is -2.27. The van der Waals surface area contributed by atoms with Crippen LogP contribution in [0.25, 0.3) is 0 Å². The lowest BCUT2D eigenvalue weighted by Crippen LogP contribution is -2.47. The summed E-state index contributed by atoms with van der Waals surface area (Å²) in [6.07, 6.45) is 1.63.